The van der Waals surface area contributed by atoms with Crippen LogP contribution in [0.3, 0.4) is 0 Å². The van der Waals surface area contributed by atoms with E-state index in [1.807, 2.05) is 0 Å². The summed E-state index contributed by atoms with van der Waals surface area (Å²) >= 11 is 0. The van der Waals surface area contributed by atoms with Crippen LogP contribution in [0.15, 0.2) is 24.3 Å². The summed E-state index contributed by atoms with van der Waals surface area (Å²) in [6.45, 7) is 1.40. The number of hydrogen-bond donors (Lipinski definition) is 2. The molecule has 1 saturated heterocycles. The van der Waals surface area contributed by atoms with Crippen molar-refractivity contribution >= 4 is 0 Å². The third-order valence-corrected chi connectivity index (χ3v) is 4.39. The van der Waals surface area contributed by atoms with Crippen molar-refractivity contribution in [1.82, 2.24) is 5.32 Å². The van der Waals surface area contributed by atoms with Gasteiger partial charge in [-0.05, 0) is 43.4 Å². The van der Waals surface area contributed by atoms with Gasteiger partial charge in [-0.1, -0.05) is 24.3 Å². The summed E-state index contributed by atoms with van der Waals surface area (Å²) in [5, 5.41) is 13.4. The Bertz CT molecular complexity index is 390. The Kier molecular flexibility index (Phi) is 2.49. The van der Waals surface area contributed by atoms with Gasteiger partial charge in [0, 0.05) is 11.5 Å². The van der Waals surface area contributed by atoms with E-state index in [1.54, 1.807) is 0 Å². The average molecular weight is 217 g/mol. The predicted molar refractivity (Wildman–Crippen MR) is 64.3 cm³/mol. The molecule has 2 N–H and O–H groups in total. The molecule has 0 spiro atoms. The van der Waals surface area contributed by atoms with Crippen molar-refractivity contribution in [3.8, 4) is 0 Å². The first kappa shape index (κ1) is 10.3. The van der Waals surface area contributed by atoms with Crippen molar-refractivity contribution in [3.05, 3.63) is 35.4 Å². The molecule has 0 saturated carbocycles. The molecule has 0 unspecified atom stereocenters. The Morgan fingerprint density at radius 1 is 1.31 bits per heavy atom. The zero-order valence-corrected chi connectivity index (χ0v) is 9.58. The SMILES string of the molecule is OC[C@@]12CCCN[C@@H]1c1ccccc1CC2. The van der Waals surface area contributed by atoms with Gasteiger partial charge >= 0.3 is 0 Å². The molecule has 0 aromatic heterocycles. The fraction of sp³-hybridized carbons (Fsp3) is 0.571. The minimum Gasteiger partial charge on any atom is -0.396 e. The van der Waals surface area contributed by atoms with Crippen molar-refractivity contribution in [2.75, 3.05) is 13.2 Å². The lowest BCUT2D eigenvalue weighted by molar-refractivity contribution is 0.0347. The molecule has 16 heavy (non-hydrogen) atoms. The largest absolute Gasteiger partial charge is 0.396 e. The van der Waals surface area contributed by atoms with E-state index in [-0.39, 0.29) is 5.41 Å². The Balaban J connectivity index is 2.04. The third kappa shape index (κ3) is 1.40. The third-order valence-electron chi connectivity index (χ3n) is 4.39. The number of fused-ring (bicyclic) bond motifs is 3. The van der Waals surface area contributed by atoms with Crippen LogP contribution in [0.4, 0.5) is 0 Å². The number of benzene rings is 1. The standard InChI is InChI=1S/C14H19NO/c16-10-14-7-3-9-15-13(14)12-5-2-1-4-11(12)6-8-14/h1-2,4-5,13,15-16H,3,6-10H2/t13-,14+/m1/s1. The maximum absolute atomic E-state index is 9.76. The molecule has 2 heteroatoms. The number of hydrogen-bond acceptors (Lipinski definition) is 2. The number of aryl methyl sites for hydroxylation is 1. The van der Waals surface area contributed by atoms with Gasteiger partial charge < -0.3 is 10.4 Å². The quantitative estimate of drug-likeness (QED) is 0.754. The first-order valence-electron chi connectivity index (χ1n) is 6.28. The van der Waals surface area contributed by atoms with Gasteiger partial charge in [0.05, 0.1) is 6.61 Å². The molecule has 2 atom stereocenters. The molecule has 2 nitrogen and oxygen atoms in total. The van der Waals surface area contributed by atoms with E-state index in [0.29, 0.717) is 12.6 Å². The van der Waals surface area contributed by atoms with Crippen molar-refractivity contribution in [3.63, 3.8) is 0 Å². The Hall–Kier alpha value is -0.860. The molecule has 1 aromatic rings. The van der Waals surface area contributed by atoms with E-state index in [0.717, 1.165) is 25.8 Å². The zero-order chi connectivity index (χ0) is 11.0. The van der Waals surface area contributed by atoms with Crippen LogP contribution in [0, 0.1) is 5.41 Å². The fourth-order valence-electron chi connectivity index (χ4n) is 3.43. The summed E-state index contributed by atoms with van der Waals surface area (Å²) in [7, 11) is 0. The van der Waals surface area contributed by atoms with Gasteiger partial charge in [0.25, 0.3) is 0 Å². The van der Waals surface area contributed by atoms with Gasteiger partial charge in [0.1, 0.15) is 0 Å². The van der Waals surface area contributed by atoms with E-state index in [1.165, 1.54) is 17.5 Å². The fourth-order valence-corrected chi connectivity index (χ4v) is 3.43. The molecule has 86 valence electrons. The highest BCUT2D eigenvalue weighted by Crippen LogP contribution is 2.48. The molecule has 0 bridgehead atoms. The van der Waals surface area contributed by atoms with E-state index in [4.69, 9.17) is 0 Å². The van der Waals surface area contributed by atoms with Crippen LogP contribution >= 0.6 is 0 Å². The van der Waals surface area contributed by atoms with Crippen LogP contribution in [0.2, 0.25) is 0 Å². The number of nitrogens with one attached hydrogen (secondary N) is 1. The molecule has 1 heterocycles. The number of aliphatic hydroxyl groups is 1. The maximum Gasteiger partial charge on any atom is 0.0505 e. The lowest BCUT2D eigenvalue weighted by Crippen LogP contribution is -2.48. The summed E-state index contributed by atoms with van der Waals surface area (Å²) < 4.78 is 0. The number of aliphatic hydroxyl groups excluding tert-OH is 1. The number of rotatable bonds is 1. The maximum atomic E-state index is 9.76. The molecule has 0 radical (unpaired) electrons. The molecule has 2 aliphatic rings. The molecule has 1 aliphatic carbocycles. The minimum atomic E-state index is 0.104. The Labute approximate surface area is 96.7 Å². The lowest BCUT2D eigenvalue weighted by atomic mass is 9.64. The second kappa shape index (κ2) is 3.86. The first-order chi connectivity index (χ1) is 7.86. The topological polar surface area (TPSA) is 32.3 Å². The average Bonchev–Trinajstić information content (AvgIpc) is 2.38. The summed E-state index contributed by atoms with van der Waals surface area (Å²) in [5.74, 6) is 0. The second-order valence-electron chi connectivity index (χ2n) is 5.21. The van der Waals surface area contributed by atoms with Crippen molar-refractivity contribution < 1.29 is 5.11 Å². The summed E-state index contributed by atoms with van der Waals surface area (Å²) in [4.78, 5) is 0. The van der Waals surface area contributed by atoms with Gasteiger partial charge in [0.15, 0.2) is 0 Å². The van der Waals surface area contributed by atoms with E-state index >= 15 is 0 Å². The van der Waals surface area contributed by atoms with Gasteiger partial charge in [0.2, 0.25) is 0 Å². The van der Waals surface area contributed by atoms with Crippen molar-refractivity contribution in [2.45, 2.75) is 31.7 Å². The van der Waals surface area contributed by atoms with Crippen LogP contribution in [0.1, 0.15) is 36.4 Å². The molecule has 3 rings (SSSR count). The lowest BCUT2D eigenvalue weighted by Gasteiger charge is -2.47. The molecular formula is C14H19NO. The second-order valence-corrected chi connectivity index (χ2v) is 5.21. The van der Waals surface area contributed by atoms with Crippen molar-refractivity contribution in [1.29, 1.82) is 0 Å². The minimum absolute atomic E-state index is 0.104. The highest BCUT2D eigenvalue weighted by atomic mass is 16.3. The van der Waals surface area contributed by atoms with E-state index in [9.17, 15) is 5.11 Å². The Morgan fingerprint density at radius 2 is 2.19 bits per heavy atom. The smallest absolute Gasteiger partial charge is 0.0505 e. The number of piperidine rings is 1. The normalized spacial score (nSPS) is 32.9. The summed E-state index contributed by atoms with van der Waals surface area (Å²) in [6.07, 6.45) is 4.60. The van der Waals surface area contributed by atoms with E-state index in [2.05, 4.69) is 29.6 Å². The van der Waals surface area contributed by atoms with Crippen LogP contribution in [-0.4, -0.2) is 18.3 Å². The highest BCUT2D eigenvalue weighted by Gasteiger charge is 2.43. The molecule has 1 aromatic carbocycles. The van der Waals surface area contributed by atoms with Gasteiger partial charge in [-0.25, -0.2) is 0 Å². The van der Waals surface area contributed by atoms with Crippen molar-refractivity contribution in [2.24, 2.45) is 5.41 Å². The van der Waals surface area contributed by atoms with Gasteiger partial charge in [-0.2, -0.15) is 0 Å². The zero-order valence-electron chi connectivity index (χ0n) is 9.58. The van der Waals surface area contributed by atoms with E-state index < -0.39 is 0 Å². The molecule has 1 aliphatic heterocycles. The van der Waals surface area contributed by atoms with Gasteiger partial charge in [-0.15, -0.1) is 0 Å². The monoisotopic (exact) mass is 217 g/mol. The molecular weight excluding hydrogens is 198 g/mol. The van der Waals surface area contributed by atoms with Crippen LogP contribution < -0.4 is 5.32 Å². The van der Waals surface area contributed by atoms with Crippen LogP contribution in [0.5, 0.6) is 0 Å². The summed E-state index contributed by atoms with van der Waals surface area (Å²) in [6, 6.07) is 9.06. The van der Waals surface area contributed by atoms with Crippen LogP contribution in [0.25, 0.3) is 0 Å². The molecule has 1 fully saturated rings. The Morgan fingerprint density at radius 3 is 3.06 bits per heavy atom. The highest BCUT2D eigenvalue weighted by molar-refractivity contribution is 5.35. The summed E-state index contributed by atoms with van der Waals surface area (Å²) in [5.41, 5.74) is 2.99. The predicted octanol–water partition coefficient (Wildman–Crippen LogP) is 2.04. The molecule has 0 amide bonds. The van der Waals surface area contributed by atoms with Gasteiger partial charge in [-0.3, -0.25) is 0 Å². The van der Waals surface area contributed by atoms with Crippen LogP contribution in [-0.2, 0) is 6.42 Å². The first-order valence-corrected chi connectivity index (χ1v) is 6.28.